The van der Waals surface area contributed by atoms with Crippen LogP contribution in [0.4, 0.5) is 0 Å². The zero-order valence-corrected chi connectivity index (χ0v) is 12.6. The summed E-state index contributed by atoms with van der Waals surface area (Å²) in [6.45, 7) is 1.31. The van der Waals surface area contributed by atoms with Crippen LogP contribution in [-0.4, -0.2) is 40.8 Å². The van der Waals surface area contributed by atoms with Crippen LogP contribution < -0.4 is 0 Å². The van der Waals surface area contributed by atoms with Gasteiger partial charge >= 0.3 is 5.97 Å². The molecule has 1 aliphatic heterocycles. The minimum absolute atomic E-state index is 0.192. The van der Waals surface area contributed by atoms with Crippen LogP contribution in [0.25, 0.3) is 11.5 Å². The van der Waals surface area contributed by atoms with Crippen LogP contribution in [0.1, 0.15) is 25.2 Å². The maximum absolute atomic E-state index is 11.9. The summed E-state index contributed by atoms with van der Waals surface area (Å²) < 4.78 is 10.6. The van der Waals surface area contributed by atoms with Crippen LogP contribution in [0.3, 0.4) is 0 Å². The van der Waals surface area contributed by atoms with Gasteiger partial charge in [0.05, 0.1) is 13.7 Å². The van der Waals surface area contributed by atoms with E-state index in [-0.39, 0.29) is 12.0 Å². The highest BCUT2D eigenvalue weighted by atomic mass is 16.5. The maximum atomic E-state index is 11.9. The van der Waals surface area contributed by atoms with Crippen LogP contribution in [0.2, 0.25) is 0 Å². The van der Waals surface area contributed by atoms with Gasteiger partial charge in [-0.1, -0.05) is 24.6 Å². The first-order valence-electron chi connectivity index (χ1n) is 7.47. The third kappa shape index (κ3) is 3.17. The number of carbonyl (C=O) groups excluding carboxylic acids is 1. The Hall–Kier alpha value is -2.21. The molecule has 0 aliphatic carbocycles. The van der Waals surface area contributed by atoms with Gasteiger partial charge in [0.15, 0.2) is 0 Å². The van der Waals surface area contributed by atoms with Gasteiger partial charge in [-0.25, -0.2) is 0 Å². The Bertz CT molecular complexity index is 627. The quantitative estimate of drug-likeness (QED) is 0.807. The van der Waals surface area contributed by atoms with Crippen molar-refractivity contribution < 1.29 is 13.9 Å². The van der Waals surface area contributed by atoms with E-state index in [9.17, 15) is 4.79 Å². The highest BCUT2D eigenvalue weighted by molar-refractivity contribution is 5.75. The average Bonchev–Trinajstić information content (AvgIpc) is 3.04. The molecule has 6 nitrogen and oxygen atoms in total. The molecule has 22 heavy (non-hydrogen) atoms. The van der Waals surface area contributed by atoms with E-state index in [1.165, 1.54) is 7.11 Å². The number of esters is 1. The van der Waals surface area contributed by atoms with Gasteiger partial charge in [0.1, 0.15) is 6.04 Å². The third-order valence-electron chi connectivity index (χ3n) is 3.91. The largest absolute Gasteiger partial charge is 0.468 e. The molecule has 6 heteroatoms. The van der Waals surface area contributed by atoms with Crippen molar-refractivity contribution in [2.75, 3.05) is 13.7 Å². The molecule has 1 fully saturated rings. The molecule has 0 amide bonds. The standard InChI is InChI=1S/C16H19N3O3/c1-21-16(20)13-9-5-6-10-19(13)11-14-17-18-15(22-14)12-7-3-2-4-8-12/h2-4,7-8,13H,5-6,9-11H2,1H3. The molecule has 0 radical (unpaired) electrons. The Morgan fingerprint density at radius 2 is 2.14 bits per heavy atom. The molecule has 0 N–H and O–H groups in total. The van der Waals surface area contributed by atoms with Crippen LogP contribution in [-0.2, 0) is 16.1 Å². The Morgan fingerprint density at radius 3 is 2.91 bits per heavy atom. The fourth-order valence-corrected chi connectivity index (χ4v) is 2.77. The number of ether oxygens (including phenoxy) is 1. The zero-order valence-electron chi connectivity index (χ0n) is 12.6. The van der Waals surface area contributed by atoms with Crippen LogP contribution in [0.15, 0.2) is 34.7 Å². The Balaban J connectivity index is 1.72. The number of benzene rings is 1. The Labute approximate surface area is 129 Å². The van der Waals surface area contributed by atoms with Crippen molar-refractivity contribution in [3.05, 3.63) is 36.2 Å². The summed E-state index contributed by atoms with van der Waals surface area (Å²) in [4.78, 5) is 13.9. The lowest BCUT2D eigenvalue weighted by atomic mass is 10.0. The molecule has 0 spiro atoms. The van der Waals surface area contributed by atoms with E-state index in [1.54, 1.807) is 0 Å². The predicted molar refractivity (Wildman–Crippen MR) is 79.8 cm³/mol. The molecular formula is C16H19N3O3. The Kier molecular flexibility index (Phi) is 4.48. The molecule has 1 aromatic heterocycles. The van der Waals surface area contributed by atoms with E-state index >= 15 is 0 Å². The van der Waals surface area contributed by atoms with Crippen molar-refractivity contribution in [3.8, 4) is 11.5 Å². The molecule has 0 bridgehead atoms. The van der Waals surface area contributed by atoms with Crippen molar-refractivity contribution in [2.24, 2.45) is 0 Å². The topological polar surface area (TPSA) is 68.5 Å². The van der Waals surface area contributed by atoms with Gasteiger partial charge < -0.3 is 9.15 Å². The monoisotopic (exact) mass is 301 g/mol. The molecule has 116 valence electrons. The van der Waals surface area contributed by atoms with Gasteiger partial charge in [0.25, 0.3) is 0 Å². The maximum Gasteiger partial charge on any atom is 0.323 e. The molecule has 1 aromatic carbocycles. The zero-order chi connectivity index (χ0) is 15.4. The van der Waals surface area contributed by atoms with Gasteiger partial charge in [0.2, 0.25) is 11.8 Å². The highest BCUT2D eigenvalue weighted by Crippen LogP contribution is 2.22. The van der Waals surface area contributed by atoms with E-state index < -0.39 is 0 Å². The number of nitrogens with zero attached hydrogens (tertiary/aromatic N) is 3. The number of likely N-dealkylation sites (tertiary alicyclic amines) is 1. The second-order valence-electron chi connectivity index (χ2n) is 5.37. The molecule has 1 aliphatic rings. The van der Waals surface area contributed by atoms with Gasteiger partial charge in [-0.05, 0) is 31.5 Å². The minimum Gasteiger partial charge on any atom is -0.468 e. The smallest absolute Gasteiger partial charge is 0.323 e. The average molecular weight is 301 g/mol. The molecule has 1 saturated heterocycles. The summed E-state index contributed by atoms with van der Waals surface area (Å²) in [7, 11) is 1.43. The molecule has 1 unspecified atom stereocenters. The normalized spacial score (nSPS) is 19.0. The minimum atomic E-state index is -0.217. The van der Waals surface area contributed by atoms with Crippen molar-refractivity contribution in [1.82, 2.24) is 15.1 Å². The molecule has 3 rings (SSSR count). The molecule has 2 aromatic rings. The lowest BCUT2D eigenvalue weighted by Crippen LogP contribution is -2.44. The lowest BCUT2D eigenvalue weighted by Gasteiger charge is -2.32. The van der Waals surface area contributed by atoms with Crippen molar-refractivity contribution >= 4 is 5.97 Å². The summed E-state index contributed by atoms with van der Waals surface area (Å²) in [6, 6.07) is 9.43. The molecule has 1 atom stereocenters. The summed E-state index contributed by atoms with van der Waals surface area (Å²) in [5.41, 5.74) is 0.893. The van der Waals surface area contributed by atoms with E-state index in [0.717, 1.165) is 31.4 Å². The summed E-state index contributed by atoms with van der Waals surface area (Å²) >= 11 is 0. The second kappa shape index (κ2) is 6.70. The summed E-state index contributed by atoms with van der Waals surface area (Å²) in [5.74, 6) is 0.833. The van der Waals surface area contributed by atoms with Crippen LogP contribution in [0.5, 0.6) is 0 Å². The fraction of sp³-hybridized carbons (Fsp3) is 0.438. The fourth-order valence-electron chi connectivity index (χ4n) is 2.77. The van der Waals surface area contributed by atoms with Gasteiger partial charge in [-0.2, -0.15) is 0 Å². The van der Waals surface area contributed by atoms with E-state index in [4.69, 9.17) is 9.15 Å². The number of hydrogen-bond acceptors (Lipinski definition) is 6. The third-order valence-corrected chi connectivity index (χ3v) is 3.91. The number of rotatable bonds is 4. The number of methoxy groups -OCH3 is 1. The summed E-state index contributed by atoms with van der Waals surface area (Å²) in [5, 5.41) is 8.18. The number of piperidine rings is 1. The Morgan fingerprint density at radius 1 is 1.32 bits per heavy atom. The number of aromatic nitrogens is 2. The second-order valence-corrected chi connectivity index (χ2v) is 5.37. The molecular weight excluding hydrogens is 282 g/mol. The summed E-state index contributed by atoms with van der Waals surface area (Å²) in [6.07, 6.45) is 2.91. The molecule has 0 saturated carbocycles. The number of carbonyl (C=O) groups is 1. The number of hydrogen-bond donors (Lipinski definition) is 0. The van der Waals surface area contributed by atoms with Gasteiger partial charge in [0, 0.05) is 5.56 Å². The van der Waals surface area contributed by atoms with Gasteiger partial charge in [-0.3, -0.25) is 9.69 Å². The van der Waals surface area contributed by atoms with Crippen molar-refractivity contribution in [3.63, 3.8) is 0 Å². The van der Waals surface area contributed by atoms with Crippen LogP contribution >= 0.6 is 0 Å². The van der Waals surface area contributed by atoms with E-state index in [1.807, 2.05) is 30.3 Å². The first-order valence-corrected chi connectivity index (χ1v) is 7.47. The lowest BCUT2D eigenvalue weighted by molar-refractivity contribution is -0.148. The molecule has 2 heterocycles. The van der Waals surface area contributed by atoms with Crippen LogP contribution in [0, 0.1) is 0 Å². The van der Waals surface area contributed by atoms with Crippen molar-refractivity contribution in [1.29, 1.82) is 0 Å². The highest BCUT2D eigenvalue weighted by Gasteiger charge is 2.30. The predicted octanol–water partition coefficient (Wildman–Crippen LogP) is 2.26. The van der Waals surface area contributed by atoms with Crippen molar-refractivity contribution in [2.45, 2.75) is 31.8 Å². The SMILES string of the molecule is COC(=O)C1CCCCN1Cc1nnc(-c2ccccc2)o1. The first-order chi connectivity index (χ1) is 10.8. The first kappa shape index (κ1) is 14.7. The van der Waals surface area contributed by atoms with E-state index in [2.05, 4.69) is 15.1 Å². The van der Waals surface area contributed by atoms with E-state index in [0.29, 0.717) is 18.3 Å². The van der Waals surface area contributed by atoms with Gasteiger partial charge in [-0.15, -0.1) is 10.2 Å².